The van der Waals surface area contributed by atoms with Crippen LogP contribution >= 0.6 is 11.8 Å². The molecule has 0 aliphatic rings. The van der Waals surface area contributed by atoms with Crippen LogP contribution in [-0.4, -0.2) is 31.1 Å². The van der Waals surface area contributed by atoms with Crippen LogP contribution in [0.1, 0.15) is 18.9 Å². The van der Waals surface area contributed by atoms with E-state index in [9.17, 15) is 0 Å². The van der Waals surface area contributed by atoms with Gasteiger partial charge in [0.05, 0.1) is 0 Å². The number of rotatable bonds is 5. The van der Waals surface area contributed by atoms with Crippen molar-refractivity contribution in [2.45, 2.75) is 30.5 Å². The van der Waals surface area contributed by atoms with Crippen LogP contribution < -0.4 is 5.32 Å². The normalized spacial score (nSPS) is 11.0. The molecule has 0 spiro atoms. The van der Waals surface area contributed by atoms with Gasteiger partial charge in [0.2, 0.25) is 5.16 Å². The van der Waals surface area contributed by atoms with Gasteiger partial charge in [-0.25, -0.2) is 9.97 Å². The molecule has 0 aromatic carbocycles. The fourth-order valence-corrected chi connectivity index (χ4v) is 2.79. The first-order chi connectivity index (χ1) is 10.3. The Morgan fingerprint density at radius 1 is 1.24 bits per heavy atom. The van der Waals surface area contributed by atoms with Gasteiger partial charge in [0.1, 0.15) is 17.2 Å². The van der Waals surface area contributed by atoms with E-state index in [-0.39, 0.29) is 0 Å². The van der Waals surface area contributed by atoms with E-state index in [0.717, 1.165) is 40.2 Å². The molecule has 0 aliphatic heterocycles. The second-order valence-corrected chi connectivity index (χ2v) is 5.55. The maximum Gasteiger partial charge on any atom is 0.201 e. The number of nitrogens with zero attached hydrogens (tertiary/aromatic N) is 5. The minimum atomic E-state index is 0.800. The molecule has 7 heteroatoms. The average molecular weight is 300 g/mol. The highest BCUT2D eigenvalue weighted by Crippen LogP contribution is 2.29. The number of fused-ring (bicyclic) bond motifs is 1. The van der Waals surface area contributed by atoms with Gasteiger partial charge in [-0.2, -0.15) is 0 Å². The van der Waals surface area contributed by atoms with Gasteiger partial charge in [-0.05, 0) is 37.2 Å². The van der Waals surface area contributed by atoms with Crippen molar-refractivity contribution in [3.63, 3.8) is 0 Å². The van der Waals surface area contributed by atoms with E-state index in [2.05, 4.69) is 32.4 Å². The first-order valence-electron chi connectivity index (χ1n) is 6.82. The molecule has 108 valence electrons. The van der Waals surface area contributed by atoms with E-state index in [1.807, 2.05) is 35.7 Å². The van der Waals surface area contributed by atoms with Gasteiger partial charge in [0, 0.05) is 18.3 Å². The van der Waals surface area contributed by atoms with Crippen molar-refractivity contribution in [2.75, 3.05) is 11.9 Å². The van der Waals surface area contributed by atoms with Crippen molar-refractivity contribution < 1.29 is 0 Å². The van der Waals surface area contributed by atoms with Gasteiger partial charge in [-0.1, -0.05) is 13.0 Å². The van der Waals surface area contributed by atoms with E-state index in [1.54, 1.807) is 6.33 Å². The monoisotopic (exact) mass is 300 g/mol. The van der Waals surface area contributed by atoms with Crippen LogP contribution in [0, 0.1) is 6.92 Å². The summed E-state index contributed by atoms with van der Waals surface area (Å²) in [7, 11) is 0. The van der Waals surface area contributed by atoms with Gasteiger partial charge in [-0.15, -0.1) is 10.2 Å². The topological polar surface area (TPSA) is 68.0 Å². The Kier molecular flexibility index (Phi) is 4.01. The number of anilines is 1. The molecule has 3 rings (SSSR count). The van der Waals surface area contributed by atoms with Crippen LogP contribution in [0.5, 0.6) is 0 Å². The molecule has 0 atom stereocenters. The second-order valence-electron chi connectivity index (χ2n) is 4.59. The predicted molar refractivity (Wildman–Crippen MR) is 82.7 cm³/mol. The van der Waals surface area contributed by atoms with Crippen molar-refractivity contribution in [1.29, 1.82) is 0 Å². The number of pyridine rings is 1. The van der Waals surface area contributed by atoms with Crippen molar-refractivity contribution in [2.24, 2.45) is 0 Å². The number of nitrogens with one attached hydrogen (secondary N) is 1. The van der Waals surface area contributed by atoms with Gasteiger partial charge >= 0.3 is 0 Å². The fraction of sp³-hybridized carbons (Fsp3) is 0.286. The summed E-state index contributed by atoms with van der Waals surface area (Å²) in [5.74, 6) is 0.878. The maximum atomic E-state index is 4.36. The lowest BCUT2D eigenvalue weighted by Gasteiger charge is -2.09. The first-order valence-corrected chi connectivity index (χ1v) is 7.64. The Bertz CT molecular complexity index is 754. The Morgan fingerprint density at radius 3 is 3.00 bits per heavy atom. The van der Waals surface area contributed by atoms with Crippen LogP contribution in [-0.2, 0) is 0 Å². The van der Waals surface area contributed by atoms with Crippen LogP contribution in [0.25, 0.3) is 5.65 Å². The summed E-state index contributed by atoms with van der Waals surface area (Å²) in [6.07, 6.45) is 4.59. The highest BCUT2D eigenvalue weighted by atomic mass is 32.2. The minimum absolute atomic E-state index is 0.800. The fourth-order valence-electron chi connectivity index (χ4n) is 1.93. The molecular formula is C14H16N6S. The SMILES string of the molecule is CCCNc1ncnc(Sc2nnc3ccccn23)c1C. The summed E-state index contributed by atoms with van der Waals surface area (Å²) >= 11 is 1.50. The van der Waals surface area contributed by atoms with E-state index < -0.39 is 0 Å². The molecule has 3 aromatic rings. The third-order valence-corrected chi connectivity index (χ3v) is 4.12. The Labute approximate surface area is 127 Å². The molecule has 6 nitrogen and oxygen atoms in total. The molecule has 3 heterocycles. The van der Waals surface area contributed by atoms with Crippen molar-refractivity contribution >= 4 is 23.2 Å². The van der Waals surface area contributed by atoms with Gasteiger partial charge in [0.15, 0.2) is 5.65 Å². The lowest BCUT2D eigenvalue weighted by molar-refractivity contribution is 0.906. The lowest BCUT2D eigenvalue weighted by Crippen LogP contribution is -2.05. The molecule has 0 fully saturated rings. The third-order valence-electron chi connectivity index (χ3n) is 3.05. The lowest BCUT2D eigenvalue weighted by atomic mass is 10.3. The molecule has 0 aliphatic carbocycles. The van der Waals surface area contributed by atoms with Gasteiger partial charge in [-0.3, -0.25) is 4.40 Å². The van der Waals surface area contributed by atoms with Crippen LogP contribution in [0.4, 0.5) is 5.82 Å². The van der Waals surface area contributed by atoms with Gasteiger partial charge in [0.25, 0.3) is 0 Å². The number of hydrogen-bond acceptors (Lipinski definition) is 6. The molecule has 0 radical (unpaired) electrons. The third kappa shape index (κ3) is 2.82. The maximum absolute atomic E-state index is 4.36. The molecule has 3 aromatic heterocycles. The summed E-state index contributed by atoms with van der Waals surface area (Å²) in [5, 5.41) is 13.4. The highest BCUT2D eigenvalue weighted by Gasteiger charge is 2.12. The summed E-state index contributed by atoms with van der Waals surface area (Å²) in [6, 6.07) is 5.83. The zero-order chi connectivity index (χ0) is 14.7. The first kappa shape index (κ1) is 13.8. The average Bonchev–Trinajstić information content (AvgIpc) is 2.91. The minimum Gasteiger partial charge on any atom is -0.370 e. The number of hydrogen-bond donors (Lipinski definition) is 1. The molecule has 0 bridgehead atoms. The summed E-state index contributed by atoms with van der Waals surface area (Å²) < 4.78 is 1.95. The van der Waals surface area contributed by atoms with Crippen LogP contribution in [0.3, 0.4) is 0 Å². The summed E-state index contributed by atoms with van der Waals surface area (Å²) in [5.41, 5.74) is 1.86. The predicted octanol–water partition coefficient (Wildman–Crippen LogP) is 2.80. The largest absolute Gasteiger partial charge is 0.370 e. The van der Waals surface area contributed by atoms with Crippen LogP contribution in [0.2, 0.25) is 0 Å². The Morgan fingerprint density at radius 2 is 2.14 bits per heavy atom. The van der Waals surface area contributed by atoms with E-state index in [0.29, 0.717) is 0 Å². The summed E-state index contributed by atoms with van der Waals surface area (Å²) in [4.78, 5) is 8.65. The second kappa shape index (κ2) is 6.09. The highest BCUT2D eigenvalue weighted by molar-refractivity contribution is 7.99. The van der Waals surface area contributed by atoms with Crippen molar-refractivity contribution in [1.82, 2.24) is 24.6 Å². The van der Waals surface area contributed by atoms with Crippen molar-refractivity contribution in [3.05, 3.63) is 36.3 Å². The van der Waals surface area contributed by atoms with Gasteiger partial charge < -0.3 is 5.32 Å². The molecule has 0 saturated carbocycles. The van der Waals surface area contributed by atoms with Crippen molar-refractivity contribution in [3.8, 4) is 0 Å². The molecule has 21 heavy (non-hydrogen) atoms. The molecule has 1 N–H and O–H groups in total. The molecule has 0 unspecified atom stereocenters. The Hall–Kier alpha value is -2.15. The molecule has 0 saturated heterocycles. The molecular weight excluding hydrogens is 284 g/mol. The van der Waals surface area contributed by atoms with E-state index in [1.165, 1.54) is 11.8 Å². The Balaban J connectivity index is 1.91. The quantitative estimate of drug-likeness (QED) is 0.731. The zero-order valence-corrected chi connectivity index (χ0v) is 12.8. The summed E-state index contributed by atoms with van der Waals surface area (Å²) in [6.45, 7) is 5.04. The standard InChI is InChI=1S/C14H16N6S/c1-3-7-15-12-10(2)13(17-9-16-12)21-14-19-18-11-6-4-5-8-20(11)14/h4-6,8-9H,3,7H2,1-2H3,(H,15,16,17). The zero-order valence-electron chi connectivity index (χ0n) is 11.9. The van der Waals surface area contributed by atoms with E-state index >= 15 is 0 Å². The smallest absolute Gasteiger partial charge is 0.201 e. The molecule has 0 amide bonds. The van der Waals surface area contributed by atoms with E-state index in [4.69, 9.17) is 0 Å². The number of aromatic nitrogens is 5. The van der Waals surface area contributed by atoms with Crippen LogP contribution in [0.15, 0.2) is 40.9 Å².